The Labute approximate surface area is 217 Å². The molecule has 2 atom stereocenters. The standard InChI is InChI=1S/C28H34ClN5O2/c29-22-6-3-19(4-7-22)20-5-8-24-21(16-20)17-32-14-15-33(18-26(32)27(35)31-24)28(36)25-2-1-13-34(25)23-9-11-30-12-10-23/h3-8,16,23,25-26,30H,1-2,9-15,17-18H2,(H,31,35)/t25-,26?/m0/s1. The van der Waals surface area contributed by atoms with Crippen LogP contribution in [0.15, 0.2) is 42.5 Å². The number of nitrogens with zero attached hydrogens (tertiary/aromatic N) is 3. The van der Waals surface area contributed by atoms with Gasteiger partial charge >= 0.3 is 0 Å². The van der Waals surface area contributed by atoms with Gasteiger partial charge in [0.15, 0.2) is 0 Å². The maximum Gasteiger partial charge on any atom is 0.243 e. The highest BCUT2D eigenvalue weighted by Crippen LogP contribution is 2.32. The first-order valence-corrected chi connectivity index (χ1v) is 13.6. The smallest absolute Gasteiger partial charge is 0.243 e. The molecule has 2 aromatic rings. The van der Waals surface area contributed by atoms with Gasteiger partial charge in [0, 0.05) is 42.9 Å². The molecular formula is C28H34ClN5O2. The molecule has 4 aliphatic heterocycles. The lowest BCUT2D eigenvalue weighted by atomic mass is 10.0. The zero-order valence-corrected chi connectivity index (χ0v) is 21.3. The molecule has 3 saturated heterocycles. The summed E-state index contributed by atoms with van der Waals surface area (Å²) < 4.78 is 0. The topological polar surface area (TPSA) is 67.9 Å². The minimum atomic E-state index is -0.331. The lowest BCUT2D eigenvalue weighted by Crippen LogP contribution is -2.60. The number of carbonyl (C=O) groups is 2. The molecule has 2 amide bonds. The minimum Gasteiger partial charge on any atom is -0.338 e. The Balaban J connectivity index is 1.17. The first-order chi connectivity index (χ1) is 17.6. The number of rotatable bonds is 3. The van der Waals surface area contributed by atoms with Crippen molar-refractivity contribution in [2.45, 2.75) is 50.4 Å². The number of nitrogens with one attached hydrogen (secondary N) is 2. The SMILES string of the molecule is O=C1Nc2ccc(-c3ccc(Cl)cc3)cc2CN2CCN(C(=O)[C@@H]3CCCN3C3CCNCC3)CC12. The molecule has 6 rings (SSSR count). The number of piperazine rings is 1. The Morgan fingerprint density at radius 1 is 0.944 bits per heavy atom. The van der Waals surface area contributed by atoms with E-state index in [2.05, 4.69) is 26.5 Å². The quantitative estimate of drug-likeness (QED) is 0.668. The number of likely N-dealkylation sites (tertiary alicyclic amines) is 1. The van der Waals surface area contributed by atoms with Gasteiger partial charge in [0.25, 0.3) is 0 Å². The average molecular weight is 508 g/mol. The highest BCUT2D eigenvalue weighted by atomic mass is 35.5. The first kappa shape index (κ1) is 23.9. The van der Waals surface area contributed by atoms with Crippen LogP contribution in [0.4, 0.5) is 5.69 Å². The fourth-order valence-electron chi connectivity index (χ4n) is 6.40. The molecule has 0 aliphatic carbocycles. The van der Waals surface area contributed by atoms with Crippen LogP contribution >= 0.6 is 11.6 Å². The van der Waals surface area contributed by atoms with Crippen LogP contribution in [0.2, 0.25) is 5.02 Å². The molecular weight excluding hydrogens is 474 g/mol. The number of halogens is 1. The van der Waals surface area contributed by atoms with Crippen molar-refractivity contribution in [3.63, 3.8) is 0 Å². The maximum absolute atomic E-state index is 13.7. The van der Waals surface area contributed by atoms with E-state index >= 15 is 0 Å². The van der Waals surface area contributed by atoms with E-state index in [0.29, 0.717) is 37.2 Å². The normalized spacial score (nSPS) is 25.7. The summed E-state index contributed by atoms with van der Waals surface area (Å²) in [4.78, 5) is 33.6. The van der Waals surface area contributed by atoms with Gasteiger partial charge in [-0.05, 0) is 86.3 Å². The van der Waals surface area contributed by atoms with Crippen LogP contribution in [0.1, 0.15) is 31.2 Å². The van der Waals surface area contributed by atoms with E-state index in [9.17, 15) is 9.59 Å². The van der Waals surface area contributed by atoms with Crippen LogP contribution in [0, 0.1) is 0 Å². The van der Waals surface area contributed by atoms with Crippen LogP contribution < -0.4 is 10.6 Å². The molecule has 190 valence electrons. The number of anilines is 1. The van der Waals surface area contributed by atoms with E-state index in [-0.39, 0.29) is 23.9 Å². The average Bonchev–Trinajstić information content (AvgIpc) is 3.35. The van der Waals surface area contributed by atoms with Crippen molar-refractivity contribution in [3.8, 4) is 11.1 Å². The summed E-state index contributed by atoms with van der Waals surface area (Å²) in [5, 5.41) is 7.29. The second kappa shape index (κ2) is 10.1. The molecule has 0 spiro atoms. The van der Waals surface area contributed by atoms with Gasteiger partial charge in [-0.3, -0.25) is 19.4 Å². The zero-order chi connectivity index (χ0) is 24.6. The summed E-state index contributed by atoms with van der Waals surface area (Å²) in [6.45, 7) is 5.59. The molecule has 3 fully saturated rings. The first-order valence-electron chi connectivity index (χ1n) is 13.3. The molecule has 0 radical (unpaired) electrons. The second-order valence-corrected chi connectivity index (χ2v) is 11.0. The zero-order valence-electron chi connectivity index (χ0n) is 20.6. The second-order valence-electron chi connectivity index (χ2n) is 10.5. The predicted molar refractivity (Wildman–Crippen MR) is 142 cm³/mol. The Hall–Kier alpha value is -2.45. The van der Waals surface area contributed by atoms with E-state index < -0.39 is 0 Å². The van der Waals surface area contributed by atoms with Gasteiger partial charge in [-0.15, -0.1) is 0 Å². The molecule has 0 bridgehead atoms. The summed E-state index contributed by atoms with van der Waals surface area (Å²) in [7, 11) is 0. The summed E-state index contributed by atoms with van der Waals surface area (Å²) >= 11 is 6.06. The van der Waals surface area contributed by atoms with Crippen molar-refractivity contribution >= 4 is 29.1 Å². The van der Waals surface area contributed by atoms with Crippen LogP contribution in [0.5, 0.6) is 0 Å². The van der Waals surface area contributed by atoms with Crippen molar-refractivity contribution < 1.29 is 9.59 Å². The Morgan fingerprint density at radius 2 is 1.72 bits per heavy atom. The van der Waals surface area contributed by atoms with Crippen LogP contribution in [-0.4, -0.2) is 83.9 Å². The molecule has 0 aromatic heterocycles. The molecule has 7 nitrogen and oxygen atoms in total. The molecule has 2 aromatic carbocycles. The molecule has 1 unspecified atom stereocenters. The molecule has 36 heavy (non-hydrogen) atoms. The predicted octanol–water partition coefficient (Wildman–Crippen LogP) is 3.19. The third-order valence-electron chi connectivity index (χ3n) is 8.38. The largest absolute Gasteiger partial charge is 0.338 e. The lowest BCUT2D eigenvalue weighted by molar-refractivity contribution is -0.141. The molecule has 0 saturated carbocycles. The van der Waals surface area contributed by atoms with E-state index in [0.717, 1.165) is 67.7 Å². The molecule has 2 N–H and O–H groups in total. The number of carbonyl (C=O) groups excluding carboxylic acids is 2. The summed E-state index contributed by atoms with van der Waals surface area (Å²) in [5.41, 5.74) is 4.16. The third-order valence-corrected chi connectivity index (χ3v) is 8.63. The Morgan fingerprint density at radius 3 is 2.53 bits per heavy atom. The highest BCUT2D eigenvalue weighted by molar-refractivity contribution is 6.30. The summed E-state index contributed by atoms with van der Waals surface area (Å²) in [5.74, 6) is 0.192. The fourth-order valence-corrected chi connectivity index (χ4v) is 6.53. The molecule has 8 heteroatoms. The maximum atomic E-state index is 13.7. The number of piperidine rings is 1. The Bertz CT molecular complexity index is 1130. The van der Waals surface area contributed by atoms with Gasteiger partial charge in [-0.2, -0.15) is 0 Å². The number of hydrogen-bond acceptors (Lipinski definition) is 5. The van der Waals surface area contributed by atoms with Crippen molar-refractivity contribution in [2.75, 3.05) is 44.6 Å². The lowest BCUT2D eigenvalue weighted by Gasteiger charge is -2.42. The minimum absolute atomic E-state index is 0.0212. The van der Waals surface area contributed by atoms with E-state index in [1.807, 2.05) is 41.3 Å². The van der Waals surface area contributed by atoms with E-state index in [1.165, 1.54) is 0 Å². The number of benzene rings is 2. The van der Waals surface area contributed by atoms with E-state index in [4.69, 9.17) is 11.6 Å². The summed E-state index contributed by atoms with van der Waals surface area (Å²) in [6.07, 6.45) is 4.23. The van der Waals surface area contributed by atoms with Crippen LogP contribution in [0.3, 0.4) is 0 Å². The van der Waals surface area contributed by atoms with Gasteiger partial charge in [0.2, 0.25) is 11.8 Å². The van der Waals surface area contributed by atoms with Crippen LogP contribution in [0.25, 0.3) is 11.1 Å². The van der Waals surface area contributed by atoms with Gasteiger partial charge < -0.3 is 15.5 Å². The van der Waals surface area contributed by atoms with Gasteiger partial charge in [0.1, 0.15) is 6.04 Å². The third kappa shape index (κ3) is 4.65. The van der Waals surface area contributed by atoms with Gasteiger partial charge in [-0.25, -0.2) is 0 Å². The van der Waals surface area contributed by atoms with Crippen molar-refractivity contribution in [3.05, 3.63) is 53.1 Å². The summed E-state index contributed by atoms with van der Waals surface area (Å²) in [6, 6.07) is 14.1. The van der Waals surface area contributed by atoms with Gasteiger partial charge in [-0.1, -0.05) is 29.8 Å². The fraction of sp³-hybridized carbons (Fsp3) is 0.500. The number of fused-ring (bicyclic) bond motifs is 2. The monoisotopic (exact) mass is 507 g/mol. The molecule has 4 heterocycles. The number of hydrogen-bond donors (Lipinski definition) is 2. The van der Waals surface area contributed by atoms with Gasteiger partial charge in [0.05, 0.1) is 6.04 Å². The highest BCUT2D eigenvalue weighted by Gasteiger charge is 2.42. The van der Waals surface area contributed by atoms with Crippen molar-refractivity contribution in [2.24, 2.45) is 0 Å². The van der Waals surface area contributed by atoms with Crippen molar-refractivity contribution in [1.82, 2.24) is 20.0 Å². The van der Waals surface area contributed by atoms with Crippen molar-refractivity contribution in [1.29, 1.82) is 0 Å². The molecule has 4 aliphatic rings. The van der Waals surface area contributed by atoms with E-state index in [1.54, 1.807) is 0 Å². The van der Waals surface area contributed by atoms with Crippen LogP contribution in [-0.2, 0) is 16.1 Å². The Kier molecular flexibility index (Phi) is 6.73. The number of amides is 2.